The quantitative estimate of drug-likeness (QED) is 0.841. The van der Waals surface area contributed by atoms with Gasteiger partial charge in [0, 0.05) is 18.8 Å². The maximum absolute atomic E-state index is 12.6. The van der Waals surface area contributed by atoms with Gasteiger partial charge >= 0.3 is 0 Å². The van der Waals surface area contributed by atoms with Crippen LogP contribution in [0.4, 0.5) is 0 Å². The van der Waals surface area contributed by atoms with Crippen LogP contribution in [-0.4, -0.2) is 46.0 Å². The van der Waals surface area contributed by atoms with Crippen molar-refractivity contribution in [3.63, 3.8) is 0 Å². The highest BCUT2D eigenvalue weighted by atomic mass is 32.1. The van der Waals surface area contributed by atoms with Crippen LogP contribution in [0.2, 0.25) is 0 Å². The molecule has 1 aliphatic rings. The predicted octanol–water partition coefficient (Wildman–Crippen LogP) is 2.80. The van der Waals surface area contributed by atoms with E-state index < -0.39 is 0 Å². The predicted molar refractivity (Wildman–Crippen MR) is 88.1 cm³/mol. The molecule has 1 saturated heterocycles. The number of rotatable bonds is 5. The van der Waals surface area contributed by atoms with E-state index in [0.717, 1.165) is 19.4 Å². The zero-order valence-electron chi connectivity index (χ0n) is 13.7. The second-order valence-electron chi connectivity index (χ2n) is 6.00. The highest BCUT2D eigenvalue weighted by molar-refractivity contribution is 7.10. The average Bonchev–Trinajstić information content (AvgIpc) is 3.26. The lowest BCUT2D eigenvalue weighted by molar-refractivity contribution is -0.133. The number of aromatic nitrogens is 2. The Balaban J connectivity index is 1.64. The zero-order chi connectivity index (χ0) is 16.4. The molecule has 124 valence electrons. The third kappa shape index (κ3) is 3.45. The van der Waals surface area contributed by atoms with Crippen molar-refractivity contribution in [1.29, 1.82) is 0 Å². The van der Waals surface area contributed by atoms with Gasteiger partial charge in [0.05, 0.1) is 18.6 Å². The van der Waals surface area contributed by atoms with Gasteiger partial charge in [-0.25, -0.2) is 0 Å². The Bertz CT molecular complexity index is 655. The maximum atomic E-state index is 12.6. The molecule has 3 heterocycles. The van der Waals surface area contributed by atoms with Crippen LogP contribution in [0, 0.1) is 6.92 Å². The summed E-state index contributed by atoms with van der Waals surface area (Å²) in [5, 5.41) is 6.07. The van der Waals surface area contributed by atoms with Crippen molar-refractivity contribution in [2.75, 3.05) is 20.1 Å². The van der Waals surface area contributed by atoms with E-state index in [2.05, 4.69) is 28.0 Å². The van der Waals surface area contributed by atoms with Crippen LogP contribution in [0.25, 0.3) is 0 Å². The van der Waals surface area contributed by atoms with Gasteiger partial charge in [0.1, 0.15) is 0 Å². The standard InChI is InChI=1S/C16H22N4O2S/c1-11(14-7-5-9-23-14)19(3)15(21)10-20-8-4-6-13(20)16-17-12(2)22-18-16/h5,7,9,11,13H,4,6,8,10H2,1-3H3/t11-,13+/m1/s1. The summed E-state index contributed by atoms with van der Waals surface area (Å²) < 4.78 is 5.08. The van der Waals surface area contributed by atoms with Gasteiger partial charge in [0.2, 0.25) is 11.8 Å². The van der Waals surface area contributed by atoms with E-state index in [9.17, 15) is 4.79 Å². The molecule has 7 heteroatoms. The van der Waals surface area contributed by atoms with E-state index in [4.69, 9.17) is 4.52 Å². The first-order chi connectivity index (χ1) is 11.1. The molecular weight excluding hydrogens is 312 g/mol. The molecule has 1 amide bonds. The minimum Gasteiger partial charge on any atom is -0.340 e. The molecule has 0 aliphatic carbocycles. The number of nitrogens with zero attached hydrogens (tertiary/aromatic N) is 4. The Morgan fingerprint density at radius 3 is 3.09 bits per heavy atom. The zero-order valence-corrected chi connectivity index (χ0v) is 14.5. The van der Waals surface area contributed by atoms with E-state index in [-0.39, 0.29) is 18.0 Å². The smallest absolute Gasteiger partial charge is 0.237 e. The van der Waals surface area contributed by atoms with Crippen molar-refractivity contribution in [2.24, 2.45) is 0 Å². The first kappa shape index (κ1) is 16.1. The highest BCUT2D eigenvalue weighted by Crippen LogP contribution is 2.30. The Labute approximate surface area is 140 Å². The van der Waals surface area contributed by atoms with Crippen molar-refractivity contribution in [2.45, 2.75) is 38.8 Å². The van der Waals surface area contributed by atoms with Crippen LogP contribution in [0.15, 0.2) is 22.0 Å². The second kappa shape index (κ2) is 6.80. The number of carbonyl (C=O) groups is 1. The summed E-state index contributed by atoms with van der Waals surface area (Å²) in [5.41, 5.74) is 0. The Kier molecular flexibility index (Phi) is 4.77. The molecule has 0 spiro atoms. The SMILES string of the molecule is Cc1nc([C@@H]2CCCN2CC(=O)N(C)[C@H](C)c2cccs2)no1. The molecule has 1 aliphatic heterocycles. The minimum atomic E-state index is 0.0850. The fourth-order valence-corrected chi connectivity index (χ4v) is 3.81. The normalized spacial score (nSPS) is 19.9. The lowest BCUT2D eigenvalue weighted by Gasteiger charge is -2.28. The van der Waals surface area contributed by atoms with Crippen molar-refractivity contribution in [1.82, 2.24) is 19.9 Å². The van der Waals surface area contributed by atoms with E-state index in [0.29, 0.717) is 18.3 Å². The van der Waals surface area contributed by atoms with Gasteiger partial charge in [0.25, 0.3) is 0 Å². The van der Waals surface area contributed by atoms with Gasteiger partial charge < -0.3 is 9.42 Å². The van der Waals surface area contributed by atoms with Gasteiger partial charge in [-0.3, -0.25) is 9.69 Å². The van der Waals surface area contributed by atoms with E-state index in [1.807, 2.05) is 23.4 Å². The minimum absolute atomic E-state index is 0.0850. The van der Waals surface area contributed by atoms with Crippen LogP contribution >= 0.6 is 11.3 Å². The van der Waals surface area contributed by atoms with Gasteiger partial charge in [-0.1, -0.05) is 11.2 Å². The number of hydrogen-bond donors (Lipinski definition) is 0. The second-order valence-corrected chi connectivity index (χ2v) is 6.98. The molecule has 0 unspecified atom stereocenters. The number of hydrogen-bond acceptors (Lipinski definition) is 6. The largest absolute Gasteiger partial charge is 0.340 e. The highest BCUT2D eigenvalue weighted by Gasteiger charge is 2.32. The Hall–Kier alpha value is -1.73. The van der Waals surface area contributed by atoms with E-state index >= 15 is 0 Å². The number of thiophene rings is 1. The molecule has 2 aromatic rings. The first-order valence-electron chi connectivity index (χ1n) is 7.89. The Morgan fingerprint density at radius 2 is 2.43 bits per heavy atom. The number of amides is 1. The molecule has 0 aromatic carbocycles. The molecule has 0 saturated carbocycles. The van der Waals surface area contributed by atoms with Crippen LogP contribution in [0.3, 0.4) is 0 Å². The summed E-state index contributed by atoms with van der Waals surface area (Å²) in [5.74, 6) is 1.39. The van der Waals surface area contributed by atoms with Gasteiger partial charge in [0.15, 0.2) is 5.82 Å². The molecule has 23 heavy (non-hydrogen) atoms. The molecule has 0 N–H and O–H groups in total. The fourth-order valence-electron chi connectivity index (χ4n) is 2.98. The molecule has 1 fully saturated rings. The molecule has 3 rings (SSSR count). The molecule has 2 atom stereocenters. The lowest BCUT2D eigenvalue weighted by Crippen LogP contribution is -2.39. The van der Waals surface area contributed by atoms with Crippen LogP contribution in [-0.2, 0) is 4.79 Å². The van der Waals surface area contributed by atoms with Gasteiger partial charge in [-0.15, -0.1) is 11.3 Å². The molecule has 0 bridgehead atoms. The summed E-state index contributed by atoms with van der Waals surface area (Å²) in [4.78, 5) is 22.2. The summed E-state index contributed by atoms with van der Waals surface area (Å²) in [6, 6.07) is 4.27. The third-order valence-corrected chi connectivity index (χ3v) is 5.52. The summed E-state index contributed by atoms with van der Waals surface area (Å²) in [6.07, 6.45) is 2.02. The lowest BCUT2D eigenvalue weighted by atomic mass is 10.2. The third-order valence-electron chi connectivity index (χ3n) is 4.47. The molecule has 0 radical (unpaired) electrons. The van der Waals surface area contributed by atoms with Gasteiger partial charge in [-0.05, 0) is 37.8 Å². The van der Waals surface area contributed by atoms with Crippen molar-refractivity contribution in [3.8, 4) is 0 Å². The maximum Gasteiger partial charge on any atom is 0.237 e. The number of likely N-dealkylation sites (tertiary alicyclic amines) is 1. The van der Waals surface area contributed by atoms with Crippen molar-refractivity contribution < 1.29 is 9.32 Å². The van der Waals surface area contributed by atoms with Crippen LogP contribution in [0.1, 0.15) is 48.4 Å². The first-order valence-corrected chi connectivity index (χ1v) is 8.77. The van der Waals surface area contributed by atoms with Crippen molar-refractivity contribution >= 4 is 17.2 Å². The summed E-state index contributed by atoms with van der Waals surface area (Å²) >= 11 is 1.68. The summed E-state index contributed by atoms with van der Waals surface area (Å²) in [7, 11) is 1.87. The fraction of sp³-hybridized carbons (Fsp3) is 0.562. The molecule has 2 aromatic heterocycles. The number of likely N-dealkylation sites (N-methyl/N-ethyl adjacent to an activating group) is 1. The molecular formula is C16H22N4O2S. The van der Waals surface area contributed by atoms with Crippen molar-refractivity contribution in [3.05, 3.63) is 34.1 Å². The number of carbonyl (C=O) groups excluding carboxylic acids is 1. The van der Waals surface area contributed by atoms with Crippen LogP contribution in [0.5, 0.6) is 0 Å². The van der Waals surface area contributed by atoms with Crippen LogP contribution < -0.4 is 0 Å². The Morgan fingerprint density at radius 1 is 1.61 bits per heavy atom. The number of aryl methyl sites for hydroxylation is 1. The topological polar surface area (TPSA) is 62.5 Å². The van der Waals surface area contributed by atoms with Gasteiger partial charge in [-0.2, -0.15) is 4.98 Å². The summed E-state index contributed by atoms with van der Waals surface area (Å²) in [6.45, 7) is 5.14. The monoisotopic (exact) mass is 334 g/mol. The van der Waals surface area contributed by atoms with E-state index in [1.165, 1.54) is 4.88 Å². The van der Waals surface area contributed by atoms with E-state index in [1.54, 1.807) is 18.3 Å². The molecule has 6 nitrogen and oxygen atoms in total. The average molecular weight is 334 g/mol.